The first kappa shape index (κ1) is 25.9. The van der Waals surface area contributed by atoms with E-state index in [2.05, 4.69) is 20.5 Å². The monoisotopic (exact) mass is 577 g/mol. The summed E-state index contributed by atoms with van der Waals surface area (Å²) in [6.45, 7) is 3.38. The number of hydrogen-bond acceptors (Lipinski definition) is 4. The normalized spacial score (nSPS) is 15.9. The molecule has 0 atom stereocenters. The Morgan fingerprint density at radius 3 is 2.39 bits per heavy atom. The van der Waals surface area contributed by atoms with E-state index >= 15 is 0 Å². The lowest BCUT2D eigenvalue weighted by Crippen LogP contribution is -2.47. The molecule has 7 nitrogen and oxygen atoms in total. The topological polar surface area (TPSA) is 77.0 Å². The summed E-state index contributed by atoms with van der Waals surface area (Å²) in [6, 6.07) is 14.7. The van der Waals surface area contributed by atoms with Crippen molar-refractivity contribution in [1.82, 2.24) is 19.8 Å². The number of aliphatic imine (C=N–C) groups is 1. The second-order valence-corrected chi connectivity index (χ2v) is 9.57. The largest absolute Gasteiger partial charge is 0.352 e. The highest BCUT2D eigenvalue weighted by atomic mass is 127. The number of guanidine groups is 1. The number of benzene rings is 2. The van der Waals surface area contributed by atoms with Crippen molar-refractivity contribution >= 4 is 51.6 Å². The van der Waals surface area contributed by atoms with Crippen LogP contribution < -0.4 is 10.6 Å². The Balaban J connectivity index is 0.00000341. The van der Waals surface area contributed by atoms with Crippen LogP contribution in [0, 0.1) is 0 Å². The Kier molecular flexibility index (Phi) is 10.0. The zero-order chi connectivity index (χ0) is 21.6. The fourth-order valence-corrected chi connectivity index (χ4v) is 5.16. The highest BCUT2D eigenvalue weighted by molar-refractivity contribution is 14.0. The highest BCUT2D eigenvalue weighted by Gasteiger charge is 2.29. The van der Waals surface area contributed by atoms with E-state index < -0.39 is 10.0 Å². The van der Waals surface area contributed by atoms with Gasteiger partial charge in [-0.25, -0.2) is 8.42 Å². The predicted octanol–water partition coefficient (Wildman–Crippen LogP) is 2.76. The molecule has 1 fully saturated rings. The molecular weight excluding hydrogens is 549 g/mol. The molecule has 1 aliphatic heterocycles. The number of halogens is 2. The van der Waals surface area contributed by atoms with Gasteiger partial charge in [0.05, 0.1) is 4.90 Å². The molecule has 0 bridgehead atoms. The first-order valence-electron chi connectivity index (χ1n) is 9.85. The smallest absolute Gasteiger partial charge is 0.243 e. The van der Waals surface area contributed by atoms with Crippen molar-refractivity contribution in [3.8, 4) is 0 Å². The summed E-state index contributed by atoms with van der Waals surface area (Å²) >= 11 is 6.03. The molecule has 2 aromatic carbocycles. The molecule has 0 saturated carbocycles. The van der Waals surface area contributed by atoms with Gasteiger partial charge in [0, 0.05) is 51.3 Å². The van der Waals surface area contributed by atoms with Crippen LogP contribution in [0.15, 0.2) is 58.4 Å². The molecule has 0 aromatic heterocycles. The van der Waals surface area contributed by atoms with E-state index in [1.165, 1.54) is 0 Å². The van der Waals surface area contributed by atoms with Gasteiger partial charge in [-0.3, -0.25) is 4.99 Å². The van der Waals surface area contributed by atoms with Crippen LogP contribution in [0.2, 0.25) is 5.02 Å². The maximum atomic E-state index is 13.2. The van der Waals surface area contributed by atoms with Crippen LogP contribution in [0.25, 0.3) is 0 Å². The molecule has 0 unspecified atom stereocenters. The third kappa shape index (κ3) is 7.04. The Labute approximate surface area is 206 Å². The van der Waals surface area contributed by atoms with Crippen LogP contribution in [-0.2, 0) is 23.1 Å². The third-order valence-corrected chi connectivity index (χ3v) is 7.31. The maximum Gasteiger partial charge on any atom is 0.243 e. The summed E-state index contributed by atoms with van der Waals surface area (Å²) in [5.41, 5.74) is 1.74. The van der Waals surface area contributed by atoms with Crippen molar-refractivity contribution in [2.75, 3.05) is 40.3 Å². The van der Waals surface area contributed by atoms with E-state index in [-0.39, 0.29) is 24.0 Å². The second kappa shape index (κ2) is 12.0. The first-order chi connectivity index (χ1) is 14.4. The van der Waals surface area contributed by atoms with E-state index in [4.69, 9.17) is 11.6 Å². The number of likely N-dealkylation sites (N-methyl/N-ethyl adjacent to an activating group) is 1. The van der Waals surface area contributed by atoms with E-state index in [0.717, 1.165) is 18.7 Å². The molecule has 10 heteroatoms. The van der Waals surface area contributed by atoms with Crippen LogP contribution in [0.1, 0.15) is 11.1 Å². The number of hydrogen-bond donors (Lipinski definition) is 2. The van der Waals surface area contributed by atoms with Crippen molar-refractivity contribution in [3.63, 3.8) is 0 Å². The van der Waals surface area contributed by atoms with Crippen molar-refractivity contribution in [2.45, 2.75) is 18.0 Å². The van der Waals surface area contributed by atoms with Gasteiger partial charge >= 0.3 is 0 Å². The van der Waals surface area contributed by atoms with E-state index in [1.807, 2.05) is 43.4 Å². The Hall–Kier alpha value is -1.40. The lowest BCUT2D eigenvalue weighted by molar-refractivity contribution is 0.222. The molecule has 3 rings (SSSR count). The minimum absolute atomic E-state index is 0. The lowest BCUT2D eigenvalue weighted by atomic mass is 10.2. The molecule has 2 N–H and O–H groups in total. The fourth-order valence-electron chi connectivity index (χ4n) is 3.30. The summed E-state index contributed by atoms with van der Waals surface area (Å²) < 4.78 is 28.0. The van der Waals surface area contributed by atoms with Gasteiger partial charge in [0.2, 0.25) is 10.0 Å². The molecule has 1 heterocycles. The van der Waals surface area contributed by atoms with Crippen molar-refractivity contribution in [1.29, 1.82) is 0 Å². The quantitative estimate of drug-likeness (QED) is 0.314. The van der Waals surface area contributed by atoms with E-state index in [0.29, 0.717) is 47.6 Å². The summed E-state index contributed by atoms with van der Waals surface area (Å²) in [5.74, 6) is 0.585. The maximum absolute atomic E-state index is 13.2. The van der Waals surface area contributed by atoms with Crippen LogP contribution in [0.3, 0.4) is 0 Å². The van der Waals surface area contributed by atoms with Crippen LogP contribution in [-0.4, -0.2) is 63.9 Å². The number of nitrogens with one attached hydrogen (secondary N) is 2. The Morgan fingerprint density at radius 1 is 1.03 bits per heavy atom. The number of nitrogens with zero attached hydrogens (tertiary/aromatic N) is 3. The SMILES string of the molecule is CN=C(NCc1cccc(Cl)c1)NCc1ccccc1S(=O)(=O)N1CCN(C)CC1.I. The van der Waals surface area contributed by atoms with E-state index in [1.54, 1.807) is 23.5 Å². The molecular formula is C21H29ClIN5O2S. The molecule has 170 valence electrons. The van der Waals surface area contributed by atoms with Crippen molar-refractivity contribution < 1.29 is 8.42 Å². The van der Waals surface area contributed by atoms with Crippen molar-refractivity contribution in [3.05, 3.63) is 64.7 Å². The molecule has 0 radical (unpaired) electrons. The molecule has 2 aromatic rings. The molecule has 1 aliphatic rings. The minimum atomic E-state index is -3.54. The zero-order valence-corrected chi connectivity index (χ0v) is 21.6. The summed E-state index contributed by atoms with van der Waals surface area (Å²) in [6.07, 6.45) is 0. The molecule has 31 heavy (non-hydrogen) atoms. The van der Waals surface area contributed by atoms with Gasteiger partial charge in [-0.1, -0.05) is 41.9 Å². The van der Waals surface area contributed by atoms with Gasteiger partial charge in [-0.05, 0) is 36.4 Å². The van der Waals surface area contributed by atoms with Gasteiger partial charge < -0.3 is 15.5 Å². The Morgan fingerprint density at radius 2 is 1.71 bits per heavy atom. The number of rotatable bonds is 6. The average Bonchev–Trinajstić information content (AvgIpc) is 2.74. The first-order valence-corrected chi connectivity index (χ1v) is 11.7. The lowest BCUT2D eigenvalue weighted by Gasteiger charge is -2.32. The summed E-state index contributed by atoms with van der Waals surface area (Å²) in [4.78, 5) is 6.70. The summed E-state index contributed by atoms with van der Waals surface area (Å²) in [7, 11) is 0.145. The van der Waals surface area contributed by atoms with Gasteiger partial charge in [0.1, 0.15) is 0 Å². The molecule has 0 aliphatic carbocycles. The van der Waals surface area contributed by atoms with Crippen LogP contribution in [0.5, 0.6) is 0 Å². The van der Waals surface area contributed by atoms with Gasteiger partial charge in [-0.2, -0.15) is 4.31 Å². The van der Waals surface area contributed by atoms with Crippen LogP contribution >= 0.6 is 35.6 Å². The minimum Gasteiger partial charge on any atom is -0.352 e. The van der Waals surface area contributed by atoms with Gasteiger partial charge in [-0.15, -0.1) is 24.0 Å². The van der Waals surface area contributed by atoms with Crippen LogP contribution in [0.4, 0.5) is 0 Å². The highest BCUT2D eigenvalue weighted by Crippen LogP contribution is 2.21. The Bertz CT molecular complexity index is 995. The molecule has 1 saturated heterocycles. The third-order valence-electron chi connectivity index (χ3n) is 5.07. The average molecular weight is 578 g/mol. The van der Waals surface area contributed by atoms with E-state index in [9.17, 15) is 8.42 Å². The van der Waals surface area contributed by atoms with Gasteiger partial charge in [0.15, 0.2) is 5.96 Å². The fraction of sp³-hybridized carbons (Fsp3) is 0.381. The second-order valence-electron chi connectivity index (χ2n) is 7.22. The number of piperazine rings is 1. The zero-order valence-electron chi connectivity index (χ0n) is 17.7. The van der Waals surface area contributed by atoms with Crippen molar-refractivity contribution in [2.24, 2.45) is 4.99 Å². The molecule has 0 amide bonds. The standard InChI is InChI=1S/C21H28ClN5O2S.HI/c1-23-21(24-15-17-6-5-8-19(22)14-17)25-16-18-7-3-4-9-20(18)30(28,29)27-12-10-26(2)11-13-27;/h3-9,14H,10-13,15-16H2,1-2H3,(H2,23,24,25);1H. The predicted molar refractivity (Wildman–Crippen MR) is 137 cm³/mol. The molecule has 0 spiro atoms. The van der Waals surface area contributed by atoms with Gasteiger partial charge in [0.25, 0.3) is 0 Å². The summed E-state index contributed by atoms with van der Waals surface area (Å²) in [5, 5.41) is 7.11. The number of sulfonamides is 1.